The smallest absolute Gasteiger partial charge is 0.357 e. The van der Waals surface area contributed by atoms with Crippen LogP contribution in [0.15, 0.2) is 78.9 Å². The molecule has 160 valence electrons. The van der Waals surface area contributed by atoms with E-state index in [1.165, 1.54) is 24.5 Å². The Balaban J connectivity index is 1.88. The largest absolute Gasteiger partial charge is 0.465 e. The highest BCUT2D eigenvalue weighted by Crippen LogP contribution is 2.31. The molecule has 0 amide bonds. The van der Waals surface area contributed by atoms with E-state index in [2.05, 4.69) is 29.4 Å². The van der Waals surface area contributed by atoms with Gasteiger partial charge in [0.25, 0.3) is 0 Å². The van der Waals surface area contributed by atoms with Gasteiger partial charge in [-0.1, -0.05) is 72.3 Å². The lowest BCUT2D eigenvalue weighted by molar-refractivity contribution is 0.0549. The standard InChI is InChI=1S/C26H22N2O4/c1-17-9-11-18(12-10-17)19-13-15-20(16-14-19)23-22(25(29)31-2)24(26(30)32-3)28(27-23)21-7-5-4-6-8-21/h4-16H,1-3H3. The molecule has 1 aromatic heterocycles. The van der Waals surface area contributed by atoms with Crippen LogP contribution in [0.5, 0.6) is 0 Å². The first-order valence-corrected chi connectivity index (χ1v) is 10.1. The summed E-state index contributed by atoms with van der Waals surface area (Å²) in [6, 6.07) is 25.0. The number of rotatable bonds is 5. The Morgan fingerprint density at radius 2 is 1.25 bits per heavy atom. The summed E-state index contributed by atoms with van der Waals surface area (Å²) in [4.78, 5) is 25.4. The minimum Gasteiger partial charge on any atom is -0.465 e. The number of carbonyl (C=O) groups is 2. The summed E-state index contributed by atoms with van der Waals surface area (Å²) in [7, 11) is 2.54. The van der Waals surface area contributed by atoms with E-state index in [4.69, 9.17) is 9.47 Å². The molecule has 6 heteroatoms. The summed E-state index contributed by atoms with van der Waals surface area (Å²) < 4.78 is 11.4. The van der Waals surface area contributed by atoms with E-state index >= 15 is 0 Å². The minimum atomic E-state index is -0.677. The molecule has 6 nitrogen and oxygen atoms in total. The van der Waals surface area contributed by atoms with Gasteiger partial charge in [-0.15, -0.1) is 0 Å². The van der Waals surface area contributed by atoms with Gasteiger partial charge >= 0.3 is 11.9 Å². The van der Waals surface area contributed by atoms with E-state index in [9.17, 15) is 9.59 Å². The predicted octanol–water partition coefficient (Wildman–Crippen LogP) is 5.09. The van der Waals surface area contributed by atoms with Crippen LogP contribution in [0.2, 0.25) is 0 Å². The second kappa shape index (κ2) is 8.89. The maximum absolute atomic E-state index is 12.7. The van der Waals surface area contributed by atoms with Crippen LogP contribution in [0.1, 0.15) is 26.4 Å². The quantitative estimate of drug-likeness (QED) is 0.416. The van der Waals surface area contributed by atoms with Gasteiger partial charge in [-0.2, -0.15) is 5.10 Å². The highest BCUT2D eigenvalue weighted by atomic mass is 16.5. The first kappa shape index (κ1) is 21.1. The number of esters is 2. The van der Waals surface area contributed by atoms with E-state index < -0.39 is 11.9 Å². The zero-order valence-corrected chi connectivity index (χ0v) is 18.0. The SMILES string of the molecule is COC(=O)c1c(-c2ccc(-c3ccc(C)cc3)cc2)nn(-c2ccccc2)c1C(=O)OC. The number of carbonyl (C=O) groups excluding carboxylic acids is 2. The van der Waals surface area contributed by atoms with Crippen LogP contribution in [0.3, 0.4) is 0 Å². The third-order valence-corrected chi connectivity index (χ3v) is 5.20. The molecular formula is C26H22N2O4. The van der Waals surface area contributed by atoms with Gasteiger partial charge in [0.15, 0.2) is 5.69 Å². The van der Waals surface area contributed by atoms with Crippen LogP contribution in [0.25, 0.3) is 28.1 Å². The summed E-state index contributed by atoms with van der Waals surface area (Å²) in [6.07, 6.45) is 0. The van der Waals surface area contributed by atoms with Crippen LogP contribution < -0.4 is 0 Å². The maximum Gasteiger partial charge on any atom is 0.357 e. The number of ether oxygens (including phenoxy) is 2. The molecule has 0 unspecified atom stereocenters. The van der Waals surface area contributed by atoms with E-state index in [-0.39, 0.29) is 11.3 Å². The van der Waals surface area contributed by atoms with Crippen molar-refractivity contribution < 1.29 is 19.1 Å². The average molecular weight is 426 g/mol. The molecule has 0 atom stereocenters. The molecule has 1 heterocycles. The first-order chi connectivity index (χ1) is 15.5. The molecule has 0 N–H and O–H groups in total. The van der Waals surface area contributed by atoms with E-state index in [0.717, 1.165) is 11.1 Å². The molecule has 4 aromatic rings. The van der Waals surface area contributed by atoms with Crippen molar-refractivity contribution in [1.82, 2.24) is 9.78 Å². The van der Waals surface area contributed by atoms with Gasteiger partial charge < -0.3 is 9.47 Å². The van der Waals surface area contributed by atoms with Crippen molar-refractivity contribution in [2.75, 3.05) is 14.2 Å². The summed E-state index contributed by atoms with van der Waals surface area (Å²) in [5.41, 5.74) is 5.03. The molecule has 0 bridgehead atoms. The highest BCUT2D eigenvalue weighted by Gasteiger charge is 2.31. The van der Waals surface area contributed by atoms with E-state index in [1.54, 1.807) is 12.1 Å². The Hall–Kier alpha value is -4.19. The second-order valence-electron chi connectivity index (χ2n) is 7.25. The summed E-state index contributed by atoms with van der Waals surface area (Å²) in [5, 5.41) is 4.62. The Kier molecular flexibility index (Phi) is 5.85. The lowest BCUT2D eigenvalue weighted by atomic mass is 10.00. The Bertz CT molecular complexity index is 1260. The highest BCUT2D eigenvalue weighted by molar-refractivity contribution is 6.06. The fourth-order valence-corrected chi connectivity index (χ4v) is 3.52. The number of hydrogen-bond acceptors (Lipinski definition) is 5. The fraction of sp³-hybridized carbons (Fsp3) is 0.115. The predicted molar refractivity (Wildman–Crippen MR) is 122 cm³/mol. The number of benzene rings is 3. The molecule has 0 saturated heterocycles. The van der Waals surface area contributed by atoms with Crippen molar-refractivity contribution in [3.63, 3.8) is 0 Å². The van der Waals surface area contributed by atoms with Gasteiger partial charge in [0.05, 0.1) is 19.9 Å². The molecule has 32 heavy (non-hydrogen) atoms. The molecule has 0 saturated carbocycles. The van der Waals surface area contributed by atoms with E-state index in [1.807, 2.05) is 49.4 Å². The van der Waals surface area contributed by atoms with Crippen molar-refractivity contribution >= 4 is 11.9 Å². The van der Waals surface area contributed by atoms with Crippen molar-refractivity contribution in [2.24, 2.45) is 0 Å². The molecule has 4 rings (SSSR count). The van der Waals surface area contributed by atoms with Crippen molar-refractivity contribution in [3.8, 4) is 28.1 Å². The van der Waals surface area contributed by atoms with E-state index in [0.29, 0.717) is 16.9 Å². The first-order valence-electron chi connectivity index (χ1n) is 10.1. The molecular weight excluding hydrogens is 404 g/mol. The van der Waals surface area contributed by atoms with Crippen LogP contribution in [-0.4, -0.2) is 35.9 Å². The zero-order valence-electron chi connectivity index (χ0n) is 18.0. The molecule has 0 radical (unpaired) electrons. The minimum absolute atomic E-state index is 0.0168. The monoisotopic (exact) mass is 426 g/mol. The molecule has 0 aliphatic carbocycles. The Labute approximate surface area is 186 Å². The molecule has 0 aliphatic heterocycles. The molecule has 0 spiro atoms. The van der Waals surface area contributed by atoms with Crippen molar-refractivity contribution in [2.45, 2.75) is 6.92 Å². The fourth-order valence-electron chi connectivity index (χ4n) is 3.52. The normalized spacial score (nSPS) is 10.6. The lowest BCUT2D eigenvalue weighted by Crippen LogP contribution is -2.15. The molecule has 0 fully saturated rings. The third kappa shape index (κ3) is 3.90. The lowest BCUT2D eigenvalue weighted by Gasteiger charge is -2.07. The Morgan fingerprint density at radius 1 is 0.719 bits per heavy atom. The van der Waals surface area contributed by atoms with Gasteiger partial charge in [0, 0.05) is 5.56 Å². The molecule has 0 aliphatic rings. The van der Waals surface area contributed by atoms with Gasteiger partial charge in [-0.3, -0.25) is 0 Å². The van der Waals surface area contributed by atoms with Gasteiger partial charge in [0.1, 0.15) is 11.3 Å². The topological polar surface area (TPSA) is 70.4 Å². The summed E-state index contributed by atoms with van der Waals surface area (Å²) in [6.45, 7) is 2.04. The number of aryl methyl sites for hydroxylation is 1. The summed E-state index contributed by atoms with van der Waals surface area (Å²) >= 11 is 0. The van der Waals surface area contributed by atoms with Gasteiger partial charge in [0.2, 0.25) is 0 Å². The third-order valence-electron chi connectivity index (χ3n) is 5.20. The molecule has 3 aromatic carbocycles. The van der Waals surface area contributed by atoms with Crippen LogP contribution >= 0.6 is 0 Å². The number of nitrogens with zero attached hydrogens (tertiary/aromatic N) is 2. The van der Waals surface area contributed by atoms with Crippen molar-refractivity contribution in [1.29, 1.82) is 0 Å². The maximum atomic E-state index is 12.7. The average Bonchev–Trinajstić information content (AvgIpc) is 3.25. The van der Waals surface area contributed by atoms with Crippen molar-refractivity contribution in [3.05, 3.63) is 95.7 Å². The number of para-hydroxylation sites is 1. The van der Waals surface area contributed by atoms with Gasteiger partial charge in [-0.25, -0.2) is 14.3 Å². The summed E-state index contributed by atoms with van der Waals surface area (Å²) in [5.74, 6) is -1.34. The number of aromatic nitrogens is 2. The zero-order chi connectivity index (χ0) is 22.7. The second-order valence-corrected chi connectivity index (χ2v) is 7.25. The van der Waals surface area contributed by atoms with Crippen LogP contribution in [0, 0.1) is 6.92 Å². The number of hydrogen-bond donors (Lipinski definition) is 0. The van der Waals surface area contributed by atoms with Crippen LogP contribution in [-0.2, 0) is 9.47 Å². The van der Waals surface area contributed by atoms with Gasteiger partial charge in [-0.05, 0) is 30.2 Å². The number of methoxy groups -OCH3 is 2. The van der Waals surface area contributed by atoms with Crippen LogP contribution in [0.4, 0.5) is 0 Å². The Morgan fingerprint density at radius 3 is 1.81 bits per heavy atom.